The molecule has 5 heteroatoms. The van der Waals surface area contributed by atoms with Gasteiger partial charge in [-0.3, -0.25) is 9.67 Å². The highest BCUT2D eigenvalue weighted by Crippen LogP contribution is 2.25. The topological polar surface area (TPSA) is 66.5 Å². The lowest BCUT2D eigenvalue weighted by Crippen LogP contribution is -2.03. The van der Waals surface area contributed by atoms with Gasteiger partial charge >= 0.3 is 0 Å². The van der Waals surface area contributed by atoms with Gasteiger partial charge in [-0.05, 0) is 11.6 Å². The Morgan fingerprint density at radius 1 is 0.962 bits per heavy atom. The van der Waals surface area contributed by atoms with Crippen molar-refractivity contribution in [2.75, 3.05) is 5.32 Å². The first-order valence-electron chi connectivity index (χ1n) is 8.40. The third-order valence-electron chi connectivity index (χ3n) is 4.24. The minimum Gasteiger partial charge on any atom is -0.379 e. The van der Waals surface area contributed by atoms with Crippen molar-refractivity contribution < 1.29 is 0 Å². The number of nitriles is 1. The molecule has 0 radical (unpaired) electrons. The minimum atomic E-state index is 0.542. The molecular formula is C21H17N5. The third kappa shape index (κ3) is 3.26. The molecule has 126 valence electrons. The number of fused-ring (bicyclic) bond motifs is 1. The van der Waals surface area contributed by atoms with E-state index >= 15 is 0 Å². The van der Waals surface area contributed by atoms with E-state index < -0.39 is 0 Å². The van der Waals surface area contributed by atoms with Gasteiger partial charge in [-0.25, -0.2) is 0 Å². The second-order valence-corrected chi connectivity index (χ2v) is 6.06. The molecule has 0 spiro atoms. The van der Waals surface area contributed by atoms with Gasteiger partial charge in [0.2, 0.25) is 0 Å². The van der Waals surface area contributed by atoms with Gasteiger partial charge in [0, 0.05) is 29.9 Å². The van der Waals surface area contributed by atoms with Crippen LogP contribution in [0.5, 0.6) is 0 Å². The van der Waals surface area contributed by atoms with Crippen LogP contribution in [0.25, 0.3) is 10.9 Å². The standard InChI is InChI=1S/C21H17N5/c22-10-18-13-23-20-9-5-4-8-19(20)21(18)24-11-17-12-25-26(15-17)14-16-6-2-1-3-7-16/h1-9,12-13,15H,11,14H2,(H,23,24). The molecule has 0 amide bonds. The molecule has 5 nitrogen and oxygen atoms in total. The molecule has 0 fully saturated rings. The fraction of sp³-hybridized carbons (Fsp3) is 0.0952. The van der Waals surface area contributed by atoms with Crippen LogP contribution in [0, 0.1) is 11.3 Å². The summed E-state index contributed by atoms with van der Waals surface area (Å²) in [5, 5.41) is 18.2. The fourth-order valence-electron chi connectivity index (χ4n) is 2.96. The van der Waals surface area contributed by atoms with Crippen LogP contribution in [0.2, 0.25) is 0 Å². The lowest BCUT2D eigenvalue weighted by atomic mass is 10.1. The summed E-state index contributed by atoms with van der Waals surface area (Å²) in [4.78, 5) is 4.34. The predicted octanol–water partition coefficient (Wildman–Crippen LogP) is 3.96. The zero-order valence-corrected chi connectivity index (χ0v) is 14.1. The molecule has 2 heterocycles. The number of rotatable bonds is 5. The maximum absolute atomic E-state index is 9.40. The van der Waals surface area contributed by atoms with Crippen LogP contribution >= 0.6 is 0 Å². The van der Waals surface area contributed by atoms with Gasteiger partial charge in [-0.2, -0.15) is 10.4 Å². The summed E-state index contributed by atoms with van der Waals surface area (Å²) in [6.45, 7) is 1.33. The highest BCUT2D eigenvalue weighted by atomic mass is 15.3. The molecule has 0 aliphatic heterocycles. The molecule has 4 aromatic rings. The van der Waals surface area contributed by atoms with E-state index in [0.29, 0.717) is 12.1 Å². The average Bonchev–Trinajstić information content (AvgIpc) is 3.14. The number of nitrogens with zero attached hydrogens (tertiary/aromatic N) is 4. The number of hydrogen-bond acceptors (Lipinski definition) is 4. The van der Waals surface area contributed by atoms with E-state index in [1.165, 1.54) is 5.56 Å². The average molecular weight is 339 g/mol. The van der Waals surface area contributed by atoms with E-state index in [-0.39, 0.29) is 0 Å². The Balaban J connectivity index is 1.53. The van der Waals surface area contributed by atoms with Crippen LogP contribution in [-0.4, -0.2) is 14.8 Å². The van der Waals surface area contributed by atoms with Gasteiger partial charge in [0.25, 0.3) is 0 Å². The Kier molecular flexibility index (Phi) is 4.31. The van der Waals surface area contributed by atoms with Crippen molar-refractivity contribution in [3.63, 3.8) is 0 Å². The van der Waals surface area contributed by atoms with Gasteiger partial charge in [-0.15, -0.1) is 0 Å². The highest BCUT2D eigenvalue weighted by molar-refractivity contribution is 5.93. The second-order valence-electron chi connectivity index (χ2n) is 6.06. The zero-order chi connectivity index (χ0) is 17.8. The summed E-state index contributed by atoms with van der Waals surface area (Å²) in [5.41, 5.74) is 4.50. The summed E-state index contributed by atoms with van der Waals surface area (Å²) in [6, 6.07) is 20.3. The number of hydrogen-bond donors (Lipinski definition) is 1. The van der Waals surface area contributed by atoms with Crippen LogP contribution in [-0.2, 0) is 13.1 Å². The van der Waals surface area contributed by atoms with E-state index in [0.717, 1.165) is 28.7 Å². The molecule has 0 aliphatic carbocycles. The van der Waals surface area contributed by atoms with Crippen molar-refractivity contribution in [3.8, 4) is 6.07 Å². The SMILES string of the molecule is N#Cc1cnc2ccccc2c1NCc1cnn(Cc2ccccc2)c1. The number of para-hydroxylation sites is 1. The Morgan fingerprint density at radius 2 is 1.77 bits per heavy atom. The van der Waals surface area contributed by atoms with E-state index in [1.54, 1.807) is 6.20 Å². The molecular weight excluding hydrogens is 322 g/mol. The molecule has 0 unspecified atom stereocenters. The molecule has 0 aliphatic rings. The number of benzene rings is 2. The van der Waals surface area contributed by atoms with E-state index in [1.807, 2.05) is 59.5 Å². The van der Waals surface area contributed by atoms with Gasteiger partial charge < -0.3 is 5.32 Å². The van der Waals surface area contributed by atoms with Gasteiger partial charge in [-0.1, -0.05) is 48.5 Å². The minimum absolute atomic E-state index is 0.542. The van der Waals surface area contributed by atoms with Gasteiger partial charge in [0.1, 0.15) is 6.07 Å². The number of nitrogens with one attached hydrogen (secondary N) is 1. The maximum Gasteiger partial charge on any atom is 0.103 e. The Bertz CT molecular complexity index is 1080. The quantitative estimate of drug-likeness (QED) is 0.597. The lowest BCUT2D eigenvalue weighted by molar-refractivity contribution is 0.686. The lowest BCUT2D eigenvalue weighted by Gasteiger charge is -2.10. The monoisotopic (exact) mass is 339 g/mol. The van der Waals surface area contributed by atoms with Crippen molar-refractivity contribution in [1.82, 2.24) is 14.8 Å². The van der Waals surface area contributed by atoms with Crippen molar-refractivity contribution in [2.24, 2.45) is 0 Å². The molecule has 2 aromatic heterocycles. The van der Waals surface area contributed by atoms with E-state index in [4.69, 9.17) is 0 Å². The van der Waals surface area contributed by atoms with Crippen LogP contribution in [0.3, 0.4) is 0 Å². The van der Waals surface area contributed by atoms with Gasteiger partial charge in [0.05, 0.1) is 29.5 Å². The van der Waals surface area contributed by atoms with Crippen molar-refractivity contribution in [1.29, 1.82) is 5.26 Å². The van der Waals surface area contributed by atoms with Crippen molar-refractivity contribution in [2.45, 2.75) is 13.1 Å². The van der Waals surface area contributed by atoms with Crippen molar-refractivity contribution >= 4 is 16.6 Å². The first-order valence-corrected chi connectivity index (χ1v) is 8.40. The van der Waals surface area contributed by atoms with E-state index in [9.17, 15) is 5.26 Å². The largest absolute Gasteiger partial charge is 0.379 e. The first kappa shape index (κ1) is 15.9. The first-order chi connectivity index (χ1) is 12.8. The molecule has 2 aromatic carbocycles. The van der Waals surface area contributed by atoms with Crippen LogP contribution in [0.15, 0.2) is 73.2 Å². The molecule has 4 rings (SSSR count). The molecule has 0 saturated heterocycles. The summed E-state index contributed by atoms with van der Waals surface area (Å²) < 4.78 is 1.92. The normalized spacial score (nSPS) is 10.6. The van der Waals surface area contributed by atoms with Crippen molar-refractivity contribution in [3.05, 3.63) is 89.9 Å². The van der Waals surface area contributed by atoms with Gasteiger partial charge in [0.15, 0.2) is 0 Å². The molecule has 0 saturated carbocycles. The number of pyridine rings is 1. The fourth-order valence-corrected chi connectivity index (χ4v) is 2.96. The number of aromatic nitrogens is 3. The zero-order valence-electron chi connectivity index (χ0n) is 14.1. The second kappa shape index (κ2) is 7.08. The maximum atomic E-state index is 9.40. The van der Waals surface area contributed by atoms with Crippen LogP contribution in [0.4, 0.5) is 5.69 Å². The summed E-state index contributed by atoms with van der Waals surface area (Å²) in [7, 11) is 0. The number of anilines is 1. The smallest absolute Gasteiger partial charge is 0.103 e. The van der Waals surface area contributed by atoms with Crippen LogP contribution in [0.1, 0.15) is 16.7 Å². The Hall–Kier alpha value is -3.65. The molecule has 1 N–H and O–H groups in total. The summed E-state index contributed by atoms with van der Waals surface area (Å²) >= 11 is 0. The highest BCUT2D eigenvalue weighted by Gasteiger charge is 2.09. The molecule has 0 bridgehead atoms. The third-order valence-corrected chi connectivity index (χ3v) is 4.24. The van der Waals surface area contributed by atoms with Crippen LogP contribution < -0.4 is 5.32 Å². The molecule has 26 heavy (non-hydrogen) atoms. The Morgan fingerprint density at radius 3 is 2.62 bits per heavy atom. The van der Waals surface area contributed by atoms with E-state index in [2.05, 4.69) is 33.6 Å². The predicted molar refractivity (Wildman–Crippen MR) is 102 cm³/mol. The molecule has 0 atom stereocenters. The summed E-state index contributed by atoms with van der Waals surface area (Å²) in [5.74, 6) is 0. The Labute approximate surface area is 151 Å². The summed E-state index contributed by atoms with van der Waals surface area (Å²) in [6.07, 6.45) is 5.49.